The molecule has 0 aromatic heterocycles. The van der Waals surface area contributed by atoms with E-state index in [0.29, 0.717) is 24.4 Å². The van der Waals surface area contributed by atoms with Crippen molar-refractivity contribution in [2.24, 2.45) is 5.41 Å². The highest BCUT2D eigenvalue weighted by atomic mass is 16.6. The number of hydrogen-bond donors (Lipinski definition) is 0. The normalized spacial score (nSPS) is 21.2. The van der Waals surface area contributed by atoms with Crippen LogP contribution in [0.25, 0.3) is 0 Å². The Hall–Kier alpha value is -3.82. The minimum absolute atomic E-state index is 0.0582. The Morgan fingerprint density at radius 2 is 1.48 bits per heavy atom. The monoisotopic (exact) mass is 537 g/mol. The molecule has 0 saturated heterocycles. The Balaban J connectivity index is 1.12. The van der Waals surface area contributed by atoms with E-state index >= 15 is 0 Å². The fraction of sp³-hybridized carbons (Fsp3) is 0.412. The topological polar surface area (TPSA) is 65.8 Å². The number of aryl methyl sites for hydroxylation is 1. The molecule has 2 fully saturated rings. The third kappa shape index (κ3) is 7.03. The Morgan fingerprint density at radius 1 is 0.875 bits per heavy atom. The number of carbonyl (C=O) groups is 1. The molecule has 0 radical (unpaired) electrons. The van der Waals surface area contributed by atoms with Crippen molar-refractivity contribution in [2.75, 3.05) is 20.6 Å². The van der Waals surface area contributed by atoms with Crippen LogP contribution >= 0.6 is 0 Å². The van der Waals surface area contributed by atoms with Gasteiger partial charge in [0.05, 0.1) is 11.7 Å². The number of hydrogen-bond acceptors (Lipinski definition) is 5. The molecule has 0 heterocycles. The van der Waals surface area contributed by atoms with Crippen LogP contribution in [0.5, 0.6) is 5.75 Å². The second-order valence-electron chi connectivity index (χ2n) is 11.7. The maximum Gasteiger partial charge on any atom is 0.410 e. The Kier molecular flexibility index (Phi) is 8.72. The fourth-order valence-corrected chi connectivity index (χ4v) is 6.01. The van der Waals surface area contributed by atoms with Gasteiger partial charge in [0.25, 0.3) is 0 Å². The molecule has 3 aromatic rings. The molecule has 5 rings (SSSR count). The molecule has 2 aliphatic rings. The average molecular weight is 538 g/mol. The quantitative estimate of drug-likeness (QED) is 0.276. The maximum absolute atomic E-state index is 13.2. The number of ether oxygens (including phenoxy) is 2. The zero-order valence-electron chi connectivity index (χ0n) is 23.6. The molecule has 1 spiro atoms. The van der Waals surface area contributed by atoms with Crippen LogP contribution in [0.15, 0.2) is 78.9 Å². The lowest BCUT2D eigenvalue weighted by molar-refractivity contribution is -0.136. The number of carbonyl (C=O) groups excluding carboxylic acids is 1. The summed E-state index contributed by atoms with van der Waals surface area (Å²) < 4.78 is 12.3. The van der Waals surface area contributed by atoms with Crippen molar-refractivity contribution in [3.63, 3.8) is 0 Å². The summed E-state index contributed by atoms with van der Waals surface area (Å²) in [7, 11) is 4.16. The lowest BCUT2D eigenvalue weighted by atomic mass is 9.53. The lowest BCUT2D eigenvalue weighted by Gasteiger charge is -2.56. The van der Waals surface area contributed by atoms with E-state index < -0.39 is 0 Å². The largest absolute Gasteiger partial charge is 0.489 e. The molecule has 6 nitrogen and oxygen atoms in total. The minimum Gasteiger partial charge on any atom is -0.489 e. The molecule has 6 heteroatoms. The Labute approximate surface area is 238 Å². The van der Waals surface area contributed by atoms with Crippen molar-refractivity contribution in [1.82, 2.24) is 9.80 Å². The molecular formula is C34H39N3O3. The van der Waals surface area contributed by atoms with Gasteiger partial charge in [0.2, 0.25) is 0 Å². The minimum atomic E-state index is -0.260. The molecule has 0 atom stereocenters. The van der Waals surface area contributed by atoms with Gasteiger partial charge in [-0.3, -0.25) is 4.90 Å². The summed E-state index contributed by atoms with van der Waals surface area (Å²) in [5, 5.41) is 9.58. The van der Waals surface area contributed by atoms with Gasteiger partial charge in [-0.1, -0.05) is 66.7 Å². The second kappa shape index (κ2) is 12.6. The molecule has 0 N–H and O–H groups in total. The van der Waals surface area contributed by atoms with E-state index in [2.05, 4.69) is 25.1 Å². The van der Waals surface area contributed by atoms with E-state index in [1.165, 1.54) is 5.56 Å². The molecule has 0 aliphatic heterocycles. The third-order valence-electron chi connectivity index (χ3n) is 8.13. The van der Waals surface area contributed by atoms with Crippen molar-refractivity contribution < 1.29 is 14.3 Å². The predicted octanol–water partition coefficient (Wildman–Crippen LogP) is 6.58. The highest BCUT2D eigenvalue weighted by molar-refractivity contribution is 5.68. The third-order valence-corrected chi connectivity index (χ3v) is 8.13. The van der Waals surface area contributed by atoms with Gasteiger partial charge in [0.15, 0.2) is 0 Å². The van der Waals surface area contributed by atoms with Crippen LogP contribution in [-0.2, 0) is 24.2 Å². The summed E-state index contributed by atoms with van der Waals surface area (Å²) in [4.78, 5) is 17.2. The van der Waals surface area contributed by atoms with Gasteiger partial charge in [0.1, 0.15) is 17.9 Å². The number of nitrogens with zero attached hydrogens (tertiary/aromatic N) is 3. The van der Waals surface area contributed by atoms with Crippen molar-refractivity contribution in [3.8, 4) is 11.8 Å². The molecule has 2 aliphatic carbocycles. The van der Waals surface area contributed by atoms with Gasteiger partial charge < -0.3 is 14.4 Å². The summed E-state index contributed by atoms with van der Waals surface area (Å²) in [5.74, 6) is 0.699. The summed E-state index contributed by atoms with van der Waals surface area (Å²) in [6, 6.07) is 28.3. The predicted molar refractivity (Wildman–Crippen MR) is 156 cm³/mol. The average Bonchev–Trinajstić information content (AvgIpc) is 2.91. The molecule has 0 bridgehead atoms. The first-order valence-corrected chi connectivity index (χ1v) is 14.3. The first kappa shape index (κ1) is 27.7. The van der Waals surface area contributed by atoms with E-state index in [4.69, 9.17) is 9.47 Å². The van der Waals surface area contributed by atoms with Crippen LogP contribution in [0.2, 0.25) is 0 Å². The van der Waals surface area contributed by atoms with Crippen molar-refractivity contribution in [3.05, 3.63) is 101 Å². The van der Waals surface area contributed by atoms with E-state index in [9.17, 15) is 10.1 Å². The van der Waals surface area contributed by atoms with Gasteiger partial charge in [-0.25, -0.2) is 4.79 Å². The number of rotatable bonds is 11. The van der Waals surface area contributed by atoms with Crippen LogP contribution in [0.1, 0.15) is 54.4 Å². The van der Waals surface area contributed by atoms with E-state index in [1.54, 1.807) is 4.90 Å². The second-order valence-corrected chi connectivity index (χ2v) is 11.7. The lowest BCUT2D eigenvalue weighted by Crippen LogP contribution is -2.55. The summed E-state index contributed by atoms with van der Waals surface area (Å²) in [6.07, 6.45) is 5.45. The van der Waals surface area contributed by atoms with Crippen molar-refractivity contribution in [2.45, 2.75) is 63.8 Å². The van der Waals surface area contributed by atoms with Crippen LogP contribution < -0.4 is 4.74 Å². The molecule has 0 unspecified atom stereocenters. The zero-order valence-corrected chi connectivity index (χ0v) is 23.6. The maximum atomic E-state index is 13.2. The van der Waals surface area contributed by atoms with Crippen LogP contribution in [0.3, 0.4) is 0 Å². The Morgan fingerprint density at radius 3 is 2.05 bits per heavy atom. The number of amides is 1. The smallest absolute Gasteiger partial charge is 0.410 e. The SMILES string of the molecule is CN(C)CCCc1ccc(C#N)c(OC2CC3(CC(OC(=O)N(Cc4ccccc4)Cc4ccccc4)C3)C2)c1. The number of benzene rings is 3. The van der Waals surface area contributed by atoms with E-state index in [0.717, 1.165) is 56.2 Å². The molecule has 208 valence electrons. The molecular weight excluding hydrogens is 498 g/mol. The summed E-state index contributed by atoms with van der Waals surface area (Å²) in [6.45, 7) is 2.05. The van der Waals surface area contributed by atoms with E-state index in [-0.39, 0.29) is 23.7 Å². The first-order chi connectivity index (χ1) is 19.4. The van der Waals surface area contributed by atoms with Gasteiger partial charge in [-0.05, 0) is 93.4 Å². The summed E-state index contributed by atoms with van der Waals surface area (Å²) >= 11 is 0. The van der Waals surface area contributed by atoms with Crippen molar-refractivity contribution in [1.29, 1.82) is 5.26 Å². The fourth-order valence-electron chi connectivity index (χ4n) is 6.01. The van der Waals surface area contributed by atoms with Gasteiger partial charge in [-0.15, -0.1) is 0 Å². The molecule has 2 saturated carbocycles. The van der Waals surface area contributed by atoms with Crippen LogP contribution in [-0.4, -0.2) is 48.7 Å². The van der Waals surface area contributed by atoms with Crippen LogP contribution in [0.4, 0.5) is 4.79 Å². The highest BCUT2D eigenvalue weighted by Crippen LogP contribution is 2.57. The molecule has 1 amide bonds. The zero-order chi connectivity index (χ0) is 28.0. The van der Waals surface area contributed by atoms with Gasteiger partial charge in [0, 0.05) is 13.1 Å². The number of nitriles is 1. The first-order valence-electron chi connectivity index (χ1n) is 14.3. The van der Waals surface area contributed by atoms with Gasteiger partial charge in [-0.2, -0.15) is 5.26 Å². The van der Waals surface area contributed by atoms with Crippen molar-refractivity contribution >= 4 is 6.09 Å². The standard InChI is InChI=1S/C34H39N3O3/c1-36(2)17-9-14-26-15-16-29(23-35)32(18-26)39-30-19-34(20-30)21-31(22-34)40-33(38)37(24-27-10-5-3-6-11-27)25-28-12-7-4-8-13-28/h3-8,10-13,15-16,18,30-31H,9,14,17,19-22,24-25H2,1-2H3. The molecule has 40 heavy (non-hydrogen) atoms. The van der Waals surface area contributed by atoms with Gasteiger partial charge >= 0.3 is 6.09 Å². The molecule has 3 aromatic carbocycles. The Bertz CT molecular complexity index is 1260. The van der Waals surface area contributed by atoms with E-state index in [1.807, 2.05) is 78.9 Å². The summed E-state index contributed by atoms with van der Waals surface area (Å²) in [5.41, 5.74) is 4.15. The van der Waals surface area contributed by atoms with Crippen LogP contribution in [0, 0.1) is 16.7 Å². The highest BCUT2D eigenvalue weighted by Gasteiger charge is 2.55.